The average Bonchev–Trinajstić information content (AvgIpc) is 2.84. The van der Waals surface area contributed by atoms with Crippen LogP contribution in [0, 0.1) is 10.1 Å². The van der Waals surface area contributed by atoms with Crippen LogP contribution in [0.25, 0.3) is 11.1 Å². The minimum atomic E-state index is -0.994. The van der Waals surface area contributed by atoms with Crippen LogP contribution in [0.15, 0.2) is 36.5 Å². The van der Waals surface area contributed by atoms with Crippen molar-refractivity contribution in [3.63, 3.8) is 0 Å². The van der Waals surface area contributed by atoms with Gasteiger partial charge in [-0.1, -0.05) is 0 Å². The van der Waals surface area contributed by atoms with Crippen molar-refractivity contribution in [2.24, 2.45) is 0 Å². The Morgan fingerprint density at radius 3 is 2.25 bits per heavy atom. The third-order valence-corrected chi connectivity index (χ3v) is 3.04. The van der Waals surface area contributed by atoms with Gasteiger partial charge in [-0.2, -0.15) is 0 Å². The van der Waals surface area contributed by atoms with Crippen LogP contribution in [0.3, 0.4) is 0 Å². The van der Waals surface area contributed by atoms with Gasteiger partial charge in [0.05, 0.1) is 4.92 Å². The SMILES string of the molecule is CC(C)n1cc(-c2ccc([N+](=O)[O-])cc2)cc1C(=O)O. The van der Waals surface area contributed by atoms with Crippen molar-refractivity contribution in [3.05, 3.63) is 52.3 Å². The molecular formula is C14H14N2O4. The lowest BCUT2D eigenvalue weighted by Gasteiger charge is -2.09. The van der Waals surface area contributed by atoms with Crippen molar-refractivity contribution in [1.82, 2.24) is 4.57 Å². The lowest BCUT2D eigenvalue weighted by atomic mass is 10.1. The highest BCUT2D eigenvalue weighted by Crippen LogP contribution is 2.26. The van der Waals surface area contributed by atoms with Gasteiger partial charge in [-0.05, 0) is 37.6 Å². The van der Waals surface area contributed by atoms with Crippen LogP contribution in [-0.4, -0.2) is 20.6 Å². The molecule has 1 N–H and O–H groups in total. The molecule has 1 heterocycles. The molecule has 0 atom stereocenters. The molecule has 0 radical (unpaired) electrons. The highest BCUT2D eigenvalue weighted by Gasteiger charge is 2.15. The van der Waals surface area contributed by atoms with Crippen LogP contribution in [0.4, 0.5) is 5.69 Å². The number of carbonyl (C=O) groups is 1. The number of carboxylic acid groups (broad SMARTS) is 1. The fourth-order valence-corrected chi connectivity index (χ4v) is 2.01. The van der Waals surface area contributed by atoms with Gasteiger partial charge in [-0.3, -0.25) is 10.1 Å². The molecule has 0 aliphatic carbocycles. The van der Waals surface area contributed by atoms with Gasteiger partial charge >= 0.3 is 5.97 Å². The van der Waals surface area contributed by atoms with E-state index in [2.05, 4.69) is 0 Å². The van der Waals surface area contributed by atoms with E-state index in [9.17, 15) is 20.0 Å². The van der Waals surface area contributed by atoms with Crippen LogP contribution in [0.5, 0.6) is 0 Å². The molecule has 0 saturated carbocycles. The molecule has 0 aliphatic heterocycles. The quantitative estimate of drug-likeness (QED) is 0.684. The van der Waals surface area contributed by atoms with Crippen molar-refractivity contribution in [3.8, 4) is 11.1 Å². The number of rotatable bonds is 4. The summed E-state index contributed by atoms with van der Waals surface area (Å²) in [5, 5.41) is 19.8. The second-order valence-electron chi connectivity index (χ2n) is 4.72. The van der Waals surface area contributed by atoms with E-state index >= 15 is 0 Å². The minimum absolute atomic E-state index is 0.00972. The molecule has 0 unspecified atom stereocenters. The maximum atomic E-state index is 11.2. The Labute approximate surface area is 115 Å². The van der Waals surface area contributed by atoms with Gasteiger partial charge in [-0.25, -0.2) is 4.79 Å². The van der Waals surface area contributed by atoms with Gasteiger partial charge in [0.25, 0.3) is 5.69 Å². The van der Waals surface area contributed by atoms with E-state index in [1.165, 1.54) is 12.1 Å². The summed E-state index contributed by atoms with van der Waals surface area (Å²) in [6, 6.07) is 7.63. The number of nitrogens with zero attached hydrogens (tertiary/aromatic N) is 2. The summed E-state index contributed by atoms with van der Waals surface area (Å²) in [5.41, 5.74) is 1.69. The topological polar surface area (TPSA) is 85.4 Å². The van der Waals surface area contributed by atoms with Gasteiger partial charge in [0, 0.05) is 29.9 Å². The molecule has 0 bridgehead atoms. The summed E-state index contributed by atoms with van der Waals surface area (Å²) < 4.78 is 1.67. The van der Waals surface area contributed by atoms with E-state index in [0.717, 1.165) is 11.1 Å². The van der Waals surface area contributed by atoms with E-state index in [0.29, 0.717) is 0 Å². The summed E-state index contributed by atoms with van der Waals surface area (Å²) in [4.78, 5) is 21.3. The predicted molar refractivity (Wildman–Crippen MR) is 73.9 cm³/mol. The van der Waals surface area contributed by atoms with E-state index in [1.807, 2.05) is 13.8 Å². The largest absolute Gasteiger partial charge is 0.477 e. The van der Waals surface area contributed by atoms with Crippen LogP contribution >= 0.6 is 0 Å². The Kier molecular flexibility index (Phi) is 3.56. The Bertz CT molecular complexity index is 656. The molecule has 0 fully saturated rings. The van der Waals surface area contributed by atoms with Crippen LogP contribution in [0.1, 0.15) is 30.4 Å². The molecule has 0 saturated heterocycles. The monoisotopic (exact) mass is 274 g/mol. The predicted octanol–water partition coefficient (Wildman–Crippen LogP) is 3.34. The molecule has 6 heteroatoms. The van der Waals surface area contributed by atoms with E-state index in [1.54, 1.807) is 29.0 Å². The van der Waals surface area contributed by atoms with Crippen molar-refractivity contribution in [2.75, 3.05) is 0 Å². The molecule has 0 spiro atoms. The van der Waals surface area contributed by atoms with Gasteiger partial charge in [0.15, 0.2) is 0 Å². The average molecular weight is 274 g/mol. The second kappa shape index (κ2) is 5.16. The zero-order chi connectivity index (χ0) is 14.9. The first-order valence-electron chi connectivity index (χ1n) is 6.10. The number of aromatic carboxylic acids is 1. The summed E-state index contributed by atoms with van der Waals surface area (Å²) >= 11 is 0. The molecule has 1 aromatic carbocycles. The Morgan fingerprint density at radius 1 is 1.25 bits per heavy atom. The summed E-state index contributed by atoms with van der Waals surface area (Å²) in [5.74, 6) is -0.994. The van der Waals surface area contributed by atoms with E-state index < -0.39 is 10.9 Å². The number of carboxylic acids is 1. The molecular weight excluding hydrogens is 260 g/mol. The lowest BCUT2D eigenvalue weighted by Crippen LogP contribution is -2.09. The first-order valence-corrected chi connectivity index (χ1v) is 6.10. The first-order chi connectivity index (χ1) is 9.40. The summed E-state index contributed by atoms with van der Waals surface area (Å²) in [6.45, 7) is 3.79. The number of hydrogen-bond acceptors (Lipinski definition) is 3. The van der Waals surface area contributed by atoms with Gasteiger partial charge < -0.3 is 9.67 Å². The minimum Gasteiger partial charge on any atom is -0.477 e. The van der Waals surface area contributed by atoms with Crippen LogP contribution < -0.4 is 0 Å². The van der Waals surface area contributed by atoms with E-state index in [4.69, 9.17) is 0 Å². The molecule has 2 rings (SSSR count). The number of nitro groups is 1. The second-order valence-corrected chi connectivity index (χ2v) is 4.72. The molecule has 0 amide bonds. The normalized spacial score (nSPS) is 10.8. The highest BCUT2D eigenvalue weighted by atomic mass is 16.6. The third kappa shape index (κ3) is 2.54. The lowest BCUT2D eigenvalue weighted by molar-refractivity contribution is -0.384. The summed E-state index contributed by atoms with van der Waals surface area (Å²) in [7, 11) is 0. The maximum absolute atomic E-state index is 11.2. The van der Waals surface area contributed by atoms with Crippen molar-refractivity contribution < 1.29 is 14.8 Å². The number of hydrogen-bond donors (Lipinski definition) is 1. The van der Waals surface area contributed by atoms with Crippen LogP contribution in [0.2, 0.25) is 0 Å². The molecule has 104 valence electrons. The highest BCUT2D eigenvalue weighted by molar-refractivity contribution is 5.88. The number of benzene rings is 1. The fraction of sp³-hybridized carbons (Fsp3) is 0.214. The molecule has 1 aromatic heterocycles. The number of nitro benzene ring substituents is 1. The smallest absolute Gasteiger partial charge is 0.352 e. The Balaban J connectivity index is 2.45. The molecule has 2 aromatic rings. The maximum Gasteiger partial charge on any atom is 0.352 e. The zero-order valence-corrected chi connectivity index (χ0v) is 11.1. The summed E-state index contributed by atoms with van der Waals surface area (Å²) in [6.07, 6.45) is 1.75. The molecule has 0 aliphatic rings. The van der Waals surface area contributed by atoms with Crippen molar-refractivity contribution in [2.45, 2.75) is 19.9 Å². The van der Waals surface area contributed by atoms with Crippen molar-refractivity contribution in [1.29, 1.82) is 0 Å². The van der Waals surface area contributed by atoms with Crippen molar-refractivity contribution >= 4 is 11.7 Å². The first kappa shape index (κ1) is 13.8. The van der Waals surface area contributed by atoms with E-state index in [-0.39, 0.29) is 17.4 Å². The Hall–Kier alpha value is -2.63. The number of aromatic nitrogens is 1. The zero-order valence-electron chi connectivity index (χ0n) is 11.1. The molecule has 6 nitrogen and oxygen atoms in total. The van der Waals surface area contributed by atoms with Crippen LogP contribution in [-0.2, 0) is 0 Å². The van der Waals surface area contributed by atoms with Gasteiger partial charge in [-0.15, -0.1) is 0 Å². The standard InChI is InChI=1S/C14H14N2O4/c1-9(2)15-8-11(7-13(15)14(17)18)10-3-5-12(6-4-10)16(19)20/h3-9H,1-2H3,(H,17,18). The molecule has 20 heavy (non-hydrogen) atoms. The Morgan fingerprint density at radius 2 is 1.85 bits per heavy atom. The van der Waals surface area contributed by atoms with Gasteiger partial charge in [0.1, 0.15) is 5.69 Å². The number of non-ortho nitro benzene ring substituents is 1. The third-order valence-electron chi connectivity index (χ3n) is 3.04. The fourth-order valence-electron chi connectivity index (χ4n) is 2.01. The van der Waals surface area contributed by atoms with Gasteiger partial charge in [0.2, 0.25) is 0 Å².